The van der Waals surface area contributed by atoms with Gasteiger partial charge in [0, 0.05) is 17.2 Å². The van der Waals surface area contributed by atoms with Gasteiger partial charge in [-0.2, -0.15) is 0 Å². The normalized spacial score (nSPS) is 9.64. The largest absolute Gasteiger partial charge is 0.497 e. The third kappa shape index (κ3) is 3.47. The maximum absolute atomic E-state index is 5.68. The van der Waals surface area contributed by atoms with Gasteiger partial charge in [0.1, 0.15) is 5.75 Å². The highest BCUT2D eigenvalue weighted by molar-refractivity contribution is 6.19. The van der Waals surface area contributed by atoms with Crippen molar-refractivity contribution in [3.63, 3.8) is 0 Å². The summed E-state index contributed by atoms with van der Waals surface area (Å²) in [7, 11) is 4.85. The van der Waals surface area contributed by atoms with Gasteiger partial charge in [-0.05, 0) is 23.8 Å². The highest BCUT2D eigenvalue weighted by Gasteiger charge is 2.12. The lowest BCUT2D eigenvalue weighted by molar-refractivity contribution is 0.355. The minimum absolute atomic E-state index is 0.270. The van der Waals surface area contributed by atoms with Gasteiger partial charge in [-0.15, -0.1) is 11.6 Å². The van der Waals surface area contributed by atoms with Crippen LogP contribution in [0, 0.1) is 11.8 Å². The Bertz CT molecular complexity index is 714. The summed E-state index contributed by atoms with van der Waals surface area (Å²) < 4.78 is 16.0. The predicted octanol–water partition coefficient (Wildman–Crippen LogP) is 3.97. The Balaban J connectivity index is 2.65. The lowest BCUT2D eigenvalue weighted by Crippen LogP contribution is -1.94. The van der Waals surface area contributed by atoms with Crippen molar-refractivity contribution >= 4 is 11.6 Å². The zero-order valence-electron chi connectivity index (χ0n) is 12.8. The first-order valence-electron chi connectivity index (χ1n) is 6.68. The van der Waals surface area contributed by atoms with Crippen LogP contribution in [0.3, 0.4) is 0 Å². The fourth-order valence-corrected chi connectivity index (χ4v) is 2.21. The number of halogens is 1. The second-order valence-electron chi connectivity index (χ2n) is 4.42. The average Bonchev–Trinajstić information content (AvgIpc) is 2.59. The summed E-state index contributed by atoms with van der Waals surface area (Å²) in [5.41, 5.74) is 2.75. The molecule has 0 amide bonds. The van der Waals surface area contributed by atoms with Crippen molar-refractivity contribution in [2.75, 3.05) is 27.2 Å². The van der Waals surface area contributed by atoms with E-state index < -0.39 is 0 Å². The summed E-state index contributed by atoms with van der Waals surface area (Å²) in [6.45, 7) is 0. The van der Waals surface area contributed by atoms with Gasteiger partial charge in [-0.25, -0.2) is 0 Å². The summed E-state index contributed by atoms with van der Waals surface area (Å²) >= 11 is 5.68. The zero-order chi connectivity index (χ0) is 15.9. The van der Waals surface area contributed by atoms with Crippen molar-refractivity contribution in [1.29, 1.82) is 0 Å². The average molecular weight is 317 g/mol. The number of rotatable bonds is 4. The Morgan fingerprint density at radius 2 is 1.68 bits per heavy atom. The molecule has 0 N–H and O–H groups in total. The lowest BCUT2D eigenvalue weighted by Gasteiger charge is -2.13. The van der Waals surface area contributed by atoms with Crippen molar-refractivity contribution < 1.29 is 14.2 Å². The quantitative estimate of drug-likeness (QED) is 0.631. The first-order valence-corrected chi connectivity index (χ1v) is 7.22. The number of hydrogen-bond acceptors (Lipinski definition) is 3. The van der Waals surface area contributed by atoms with Crippen molar-refractivity contribution in [1.82, 2.24) is 0 Å². The molecule has 114 valence electrons. The van der Waals surface area contributed by atoms with Crippen LogP contribution in [0.25, 0.3) is 11.1 Å². The first-order chi connectivity index (χ1) is 10.7. The molecule has 0 bridgehead atoms. The van der Waals surface area contributed by atoms with Crippen molar-refractivity contribution in [2.45, 2.75) is 0 Å². The van der Waals surface area contributed by atoms with Crippen LogP contribution < -0.4 is 14.2 Å². The number of methoxy groups -OCH3 is 3. The van der Waals surface area contributed by atoms with E-state index in [1.165, 1.54) is 0 Å². The molecule has 0 fully saturated rings. The molecule has 22 heavy (non-hydrogen) atoms. The standard InChI is InChI=1S/C18H17ClO3/c1-20-15-8-4-6-13(10-15)16-12-18(22-3)17(21-2)11-14(16)7-5-9-19/h4,6,8,10-12H,9H2,1-3H3. The van der Waals surface area contributed by atoms with E-state index in [4.69, 9.17) is 25.8 Å². The molecule has 3 nitrogen and oxygen atoms in total. The molecule has 0 saturated carbocycles. The van der Waals surface area contributed by atoms with Gasteiger partial charge >= 0.3 is 0 Å². The maximum Gasteiger partial charge on any atom is 0.162 e. The van der Waals surface area contributed by atoms with Crippen LogP contribution in [0.15, 0.2) is 36.4 Å². The molecular weight excluding hydrogens is 300 g/mol. The molecule has 0 aromatic heterocycles. The lowest BCUT2D eigenvalue weighted by atomic mass is 9.98. The summed E-state index contributed by atoms with van der Waals surface area (Å²) in [6, 6.07) is 11.5. The van der Waals surface area contributed by atoms with E-state index in [0.717, 1.165) is 22.4 Å². The van der Waals surface area contributed by atoms with E-state index in [-0.39, 0.29) is 5.88 Å². The topological polar surface area (TPSA) is 27.7 Å². The summed E-state index contributed by atoms with van der Waals surface area (Å²) in [6.07, 6.45) is 0. The van der Waals surface area contributed by atoms with Crippen LogP contribution in [0.1, 0.15) is 5.56 Å². The van der Waals surface area contributed by atoms with Gasteiger partial charge in [0.2, 0.25) is 0 Å². The summed E-state index contributed by atoms with van der Waals surface area (Å²) in [4.78, 5) is 0. The number of hydrogen-bond donors (Lipinski definition) is 0. The molecular formula is C18H17ClO3. The Labute approximate surface area is 135 Å². The van der Waals surface area contributed by atoms with E-state index in [9.17, 15) is 0 Å². The van der Waals surface area contributed by atoms with Crippen LogP contribution in [-0.4, -0.2) is 27.2 Å². The first kappa shape index (κ1) is 16.1. The minimum Gasteiger partial charge on any atom is -0.497 e. The molecule has 0 aliphatic rings. The molecule has 4 heteroatoms. The van der Waals surface area contributed by atoms with Crippen molar-refractivity contribution in [3.05, 3.63) is 42.0 Å². The monoisotopic (exact) mass is 316 g/mol. The molecule has 2 aromatic rings. The highest BCUT2D eigenvalue weighted by atomic mass is 35.5. The maximum atomic E-state index is 5.68. The van der Waals surface area contributed by atoms with Gasteiger partial charge in [-0.3, -0.25) is 0 Å². The summed E-state index contributed by atoms with van der Waals surface area (Å²) in [5.74, 6) is 8.28. The number of alkyl halides is 1. The Morgan fingerprint density at radius 1 is 0.955 bits per heavy atom. The van der Waals surface area contributed by atoms with Crippen LogP contribution in [0.4, 0.5) is 0 Å². The van der Waals surface area contributed by atoms with Gasteiger partial charge in [-0.1, -0.05) is 24.0 Å². The number of benzene rings is 2. The van der Waals surface area contributed by atoms with Crippen LogP contribution in [0.5, 0.6) is 17.2 Å². The highest BCUT2D eigenvalue weighted by Crippen LogP contribution is 2.36. The molecule has 0 aliphatic heterocycles. The third-order valence-corrected chi connectivity index (χ3v) is 3.33. The second-order valence-corrected chi connectivity index (χ2v) is 4.69. The van der Waals surface area contributed by atoms with Gasteiger partial charge in [0.25, 0.3) is 0 Å². The molecule has 0 atom stereocenters. The van der Waals surface area contributed by atoms with Crippen LogP contribution in [0.2, 0.25) is 0 Å². The molecule has 0 spiro atoms. The number of ether oxygens (including phenoxy) is 3. The Kier molecular flexibility index (Phi) is 5.57. The SMILES string of the molecule is COc1cccc(-c2cc(OC)c(OC)cc2C#CCCl)c1. The fourth-order valence-electron chi connectivity index (χ4n) is 2.14. The molecule has 2 rings (SSSR count). The predicted molar refractivity (Wildman–Crippen MR) is 89.1 cm³/mol. The molecule has 0 radical (unpaired) electrons. The second kappa shape index (κ2) is 7.63. The van der Waals surface area contributed by atoms with Crippen LogP contribution >= 0.6 is 11.6 Å². The smallest absolute Gasteiger partial charge is 0.162 e. The van der Waals surface area contributed by atoms with E-state index >= 15 is 0 Å². The molecule has 0 aliphatic carbocycles. The van der Waals surface area contributed by atoms with E-state index in [1.54, 1.807) is 21.3 Å². The zero-order valence-corrected chi connectivity index (χ0v) is 13.5. The third-order valence-electron chi connectivity index (χ3n) is 3.19. The Morgan fingerprint density at radius 3 is 2.32 bits per heavy atom. The molecule has 0 saturated heterocycles. The van der Waals surface area contributed by atoms with Gasteiger partial charge < -0.3 is 14.2 Å². The van der Waals surface area contributed by atoms with E-state index in [1.807, 2.05) is 36.4 Å². The Hall–Kier alpha value is -2.31. The molecule has 0 heterocycles. The van der Waals surface area contributed by atoms with Crippen LogP contribution in [-0.2, 0) is 0 Å². The van der Waals surface area contributed by atoms with Gasteiger partial charge in [0.05, 0.1) is 27.2 Å². The van der Waals surface area contributed by atoms with Crippen molar-refractivity contribution in [2.24, 2.45) is 0 Å². The summed E-state index contributed by atoms with van der Waals surface area (Å²) in [5, 5.41) is 0. The van der Waals surface area contributed by atoms with Gasteiger partial charge in [0.15, 0.2) is 11.5 Å². The molecule has 0 unspecified atom stereocenters. The minimum atomic E-state index is 0.270. The van der Waals surface area contributed by atoms with E-state index in [0.29, 0.717) is 11.5 Å². The fraction of sp³-hybridized carbons (Fsp3) is 0.222. The van der Waals surface area contributed by atoms with E-state index in [2.05, 4.69) is 11.8 Å². The molecule has 2 aromatic carbocycles. The van der Waals surface area contributed by atoms with Crippen molar-refractivity contribution in [3.8, 4) is 40.2 Å².